The summed E-state index contributed by atoms with van der Waals surface area (Å²) in [5, 5.41) is 0. The zero-order chi connectivity index (χ0) is 14.0. The molecule has 0 amide bonds. The maximum atomic E-state index is 5.82. The molecule has 2 N–H and O–H groups in total. The maximum Gasteiger partial charge on any atom is 0.159 e. The number of rotatable bonds is 3. The molecule has 0 atom stereocenters. The molecule has 2 rings (SSSR count). The Hall–Kier alpha value is -2.10. The van der Waals surface area contributed by atoms with Crippen molar-refractivity contribution in [2.45, 2.75) is 26.7 Å². The van der Waals surface area contributed by atoms with Crippen LogP contribution in [0.15, 0.2) is 24.3 Å². The zero-order valence-electron chi connectivity index (χ0n) is 11.8. The van der Waals surface area contributed by atoms with Crippen molar-refractivity contribution in [1.82, 2.24) is 9.97 Å². The predicted octanol–water partition coefficient (Wildman–Crippen LogP) is 3.17. The van der Waals surface area contributed by atoms with Crippen molar-refractivity contribution in [3.8, 4) is 17.1 Å². The number of hydrogen-bond donors (Lipinski definition) is 1. The molecule has 0 aliphatic rings. The van der Waals surface area contributed by atoms with Crippen LogP contribution in [0.5, 0.6) is 5.75 Å². The highest BCUT2D eigenvalue weighted by Gasteiger charge is 2.09. The van der Waals surface area contributed by atoms with Gasteiger partial charge in [-0.3, -0.25) is 0 Å². The second kappa shape index (κ2) is 5.26. The minimum Gasteiger partial charge on any atom is -0.495 e. The van der Waals surface area contributed by atoms with Crippen LogP contribution in [0.3, 0.4) is 0 Å². The van der Waals surface area contributed by atoms with Gasteiger partial charge in [0.1, 0.15) is 5.75 Å². The number of aryl methyl sites for hydroxylation is 1. The first-order valence-electron chi connectivity index (χ1n) is 6.30. The summed E-state index contributed by atoms with van der Waals surface area (Å²) in [7, 11) is 1.60. The quantitative estimate of drug-likeness (QED) is 0.858. The van der Waals surface area contributed by atoms with Gasteiger partial charge in [0.05, 0.1) is 12.8 Å². The van der Waals surface area contributed by atoms with Crippen LogP contribution in [0, 0.1) is 6.92 Å². The summed E-state index contributed by atoms with van der Waals surface area (Å²) in [5.41, 5.74) is 9.35. The molecule has 1 aromatic carbocycles. The molecule has 0 unspecified atom stereocenters. The molecule has 19 heavy (non-hydrogen) atoms. The van der Waals surface area contributed by atoms with E-state index in [4.69, 9.17) is 10.5 Å². The van der Waals surface area contributed by atoms with Gasteiger partial charge < -0.3 is 10.5 Å². The second-order valence-corrected chi connectivity index (χ2v) is 4.87. The lowest BCUT2D eigenvalue weighted by molar-refractivity contribution is 0.417. The van der Waals surface area contributed by atoms with Crippen molar-refractivity contribution in [1.29, 1.82) is 0 Å². The highest BCUT2D eigenvalue weighted by atomic mass is 16.5. The standard InChI is InChI=1S/C15H19N3O/c1-9(2)13-7-10(3)17-15(18-13)11-5-6-12(16)14(8-11)19-4/h5-9H,16H2,1-4H3. The van der Waals surface area contributed by atoms with Crippen LogP contribution in [0.25, 0.3) is 11.4 Å². The Labute approximate surface area is 113 Å². The molecule has 0 spiro atoms. The van der Waals surface area contributed by atoms with Gasteiger partial charge in [0.2, 0.25) is 0 Å². The summed E-state index contributed by atoms with van der Waals surface area (Å²) in [6, 6.07) is 7.61. The van der Waals surface area contributed by atoms with E-state index in [-0.39, 0.29) is 0 Å². The largest absolute Gasteiger partial charge is 0.495 e. The van der Waals surface area contributed by atoms with Gasteiger partial charge >= 0.3 is 0 Å². The molecule has 4 heteroatoms. The van der Waals surface area contributed by atoms with Crippen molar-refractivity contribution in [2.24, 2.45) is 0 Å². The first-order valence-corrected chi connectivity index (χ1v) is 6.30. The summed E-state index contributed by atoms with van der Waals surface area (Å²) >= 11 is 0. The third-order valence-corrected chi connectivity index (χ3v) is 2.96. The molecule has 0 bridgehead atoms. The molecule has 0 fully saturated rings. The molecule has 0 radical (unpaired) electrons. The Balaban J connectivity index is 2.52. The Bertz CT molecular complexity index is 594. The van der Waals surface area contributed by atoms with Crippen LogP contribution in [-0.4, -0.2) is 17.1 Å². The Morgan fingerprint density at radius 1 is 1.16 bits per heavy atom. The fraction of sp³-hybridized carbons (Fsp3) is 0.333. The lowest BCUT2D eigenvalue weighted by Gasteiger charge is -2.10. The van der Waals surface area contributed by atoms with E-state index in [1.54, 1.807) is 7.11 Å². The molecular weight excluding hydrogens is 238 g/mol. The molecule has 4 nitrogen and oxygen atoms in total. The fourth-order valence-corrected chi connectivity index (χ4v) is 1.87. The minimum atomic E-state index is 0.371. The average molecular weight is 257 g/mol. The van der Waals surface area contributed by atoms with Gasteiger partial charge in [0.15, 0.2) is 5.82 Å². The average Bonchev–Trinajstić information content (AvgIpc) is 2.38. The summed E-state index contributed by atoms with van der Waals surface area (Å²) in [6.45, 7) is 6.22. The first-order chi connectivity index (χ1) is 9.01. The second-order valence-electron chi connectivity index (χ2n) is 4.87. The summed E-state index contributed by atoms with van der Waals surface area (Å²) < 4.78 is 5.23. The maximum absolute atomic E-state index is 5.82. The van der Waals surface area contributed by atoms with Crippen LogP contribution in [0.1, 0.15) is 31.2 Å². The van der Waals surface area contributed by atoms with E-state index < -0.39 is 0 Å². The van der Waals surface area contributed by atoms with Gasteiger partial charge in [0.25, 0.3) is 0 Å². The highest BCUT2D eigenvalue weighted by molar-refractivity contribution is 5.65. The lowest BCUT2D eigenvalue weighted by Crippen LogP contribution is -2.00. The van der Waals surface area contributed by atoms with Crippen molar-refractivity contribution in [2.75, 3.05) is 12.8 Å². The van der Waals surface area contributed by atoms with E-state index in [9.17, 15) is 0 Å². The van der Waals surface area contributed by atoms with Gasteiger partial charge in [-0.05, 0) is 37.1 Å². The number of benzene rings is 1. The van der Waals surface area contributed by atoms with Crippen LogP contribution in [0.4, 0.5) is 5.69 Å². The van der Waals surface area contributed by atoms with Crippen molar-refractivity contribution >= 4 is 5.69 Å². The molecule has 1 heterocycles. The van der Waals surface area contributed by atoms with Crippen LogP contribution < -0.4 is 10.5 Å². The van der Waals surface area contributed by atoms with Gasteiger partial charge in [-0.1, -0.05) is 13.8 Å². The third kappa shape index (κ3) is 2.84. The van der Waals surface area contributed by atoms with Crippen molar-refractivity contribution in [3.63, 3.8) is 0 Å². The number of hydrogen-bond acceptors (Lipinski definition) is 4. The molecule has 100 valence electrons. The molecule has 0 aliphatic carbocycles. The third-order valence-electron chi connectivity index (χ3n) is 2.96. The minimum absolute atomic E-state index is 0.371. The van der Waals surface area contributed by atoms with E-state index >= 15 is 0 Å². The summed E-state index contributed by atoms with van der Waals surface area (Å²) in [4.78, 5) is 9.08. The Morgan fingerprint density at radius 3 is 2.53 bits per heavy atom. The highest BCUT2D eigenvalue weighted by Crippen LogP contribution is 2.27. The number of nitrogens with two attached hydrogens (primary N) is 1. The molecule has 0 saturated carbocycles. The normalized spacial score (nSPS) is 10.8. The first kappa shape index (κ1) is 13.3. The van der Waals surface area contributed by atoms with Gasteiger partial charge in [-0.2, -0.15) is 0 Å². The lowest BCUT2D eigenvalue weighted by atomic mass is 10.1. The van der Waals surface area contributed by atoms with Gasteiger partial charge in [-0.15, -0.1) is 0 Å². The number of methoxy groups -OCH3 is 1. The van der Waals surface area contributed by atoms with Crippen LogP contribution >= 0.6 is 0 Å². The van der Waals surface area contributed by atoms with E-state index in [1.165, 1.54) is 0 Å². The molecule has 1 aromatic heterocycles. The van der Waals surface area contributed by atoms with Crippen LogP contribution in [0.2, 0.25) is 0 Å². The Morgan fingerprint density at radius 2 is 1.89 bits per heavy atom. The summed E-state index contributed by atoms with van der Waals surface area (Å²) in [5.74, 6) is 1.73. The Kier molecular flexibility index (Phi) is 3.69. The van der Waals surface area contributed by atoms with Crippen molar-refractivity contribution < 1.29 is 4.74 Å². The number of anilines is 1. The van der Waals surface area contributed by atoms with Gasteiger partial charge in [0, 0.05) is 17.0 Å². The van der Waals surface area contributed by atoms with Gasteiger partial charge in [-0.25, -0.2) is 9.97 Å². The number of aromatic nitrogens is 2. The number of nitrogen functional groups attached to an aromatic ring is 1. The topological polar surface area (TPSA) is 61.0 Å². The van der Waals surface area contributed by atoms with Crippen molar-refractivity contribution in [3.05, 3.63) is 35.7 Å². The van der Waals surface area contributed by atoms with E-state index in [1.807, 2.05) is 31.2 Å². The smallest absolute Gasteiger partial charge is 0.159 e. The van der Waals surface area contributed by atoms with E-state index in [2.05, 4.69) is 23.8 Å². The molecule has 0 saturated heterocycles. The fourth-order valence-electron chi connectivity index (χ4n) is 1.87. The number of nitrogens with zero attached hydrogens (tertiary/aromatic N) is 2. The zero-order valence-corrected chi connectivity index (χ0v) is 11.8. The molecule has 0 aliphatic heterocycles. The monoisotopic (exact) mass is 257 g/mol. The predicted molar refractivity (Wildman–Crippen MR) is 77.3 cm³/mol. The molecule has 2 aromatic rings. The van der Waals surface area contributed by atoms with Crippen LogP contribution in [-0.2, 0) is 0 Å². The SMILES string of the molecule is COc1cc(-c2nc(C)cc(C(C)C)n2)ccc1N. The van der Waals surface area contributed by atoms with E-state index in [0.717, 1.165) is 17.0 Å². The molecular formula is C15H19N3O. The van der Waals surface area contributed by atoms with E-state index in [0.29, 0.717) is 23.2 Å². The summed E-state index contributed by atoms with van der Waals surface area (Å²) in [6.07, 6.45) is 0. The number of ether oxygens (including phenoxy) is 1.